The molecule has 186 valence electrons. The summed E-state index contributed by atoms with van der Waals surface area (Å²) in [5.41, 5.74) is 6.54. The number of nitrogens with one attached hydrogen (secondary N) is 2. The Morgan fingerprint density at radius 1 is 1.26 bits per heavy atom. The number of aromatic nitrogens is 2. The largest absolute Gasteiger partial charge is 0.462 e. The summed E-state index contributed by atoms with van der Waals surface area (Å²) in [7, 11) is 1.68. The Bertz CT molecular complexity index is 1220. The van der Waals surface area contributed by atoms with Crippen LogP contribution in [0.2, 0.25) is 5.02 Å². The molecule has 2 saturated carbocycles. The summed E-state index contributed by atoms with van der Waals surface area (Å²) in [5.74, 6) is -1.34. The maximum absolute atomic E-state index is 13.4. The van der Waals surface area contributed by atoms with Crippen LogP contribution in [0.4, 0.5) is 14.9 Å². The first-order valence-electron chi connectivity index (χ1n) is 11.4. The molecule has 2 heterocycles. The van der Waals surface area contributed by atoms with Crippen molar-refractivity contribution in [3.8, 4) is 0 Å². The molecule has 0 bridgehead atoms. The molecule has 2 fully saturated rings. The third-order valence-electron chi connectivity index (χ3n) is 6.78. The first-order chi connectivity index (χ1) is 16.6. The number of amides is 3. The highest BCUT2D eigenvalue weighted by Crippen LogP contribution is 2.38. The molecule has 3 amide bonds. The van der Waals surface area contributed by atoms with Crippen LogP contribution >= 0.6 is 11.6 Å². The molecule has 0 atom stereocenters. The van der Waals surface area contributed by atoms with Crippen molar-refractivity contribution in [1.29, 1.82) is 0 Å². The van der Waals surface area contributed by atoms with E-state index in [-0.39, 0.29) is 24.1 Å². The monoisotopic (exact) mass is 504 g/mol. The van der Waals surface area contributed by atoms with Crippen molar-refractivity contribution in [3.05, 3.63) is 46.0 Å². The topological polar surface area (TPSA) is 132 Å². The van der Waals surface area contributed by atoms with Gasteiger partial charge in [0.25, 0.3) is 5.91 Å². The molecule has 1 aliphatic heterocycles. The van der Waals surface area contributed by atoms with Crippen molar-refractivity contribution in [1.82, 2.24) is 20.0 Å². The molecule has 2 aromatic rings. The molecule has 12 heteroatoms. The Kier molecular flexibility index (Phi) is 5.71. The van der Waals surface area contributed by atoms with Gasteiger partial charge in [-0.15, -0.1) is 0 Å². The quantitative estimate of drug-likeness (QED) is 0.516. The van der Waals surface area contributed by atoms with Crippen LogP contribution in [0.25, 0.3) is 0 Å². The second kappa shape index (κ2) is 8.49. The predicted octanol–water partition coefficient (Wildman–Crippen LogP) is 2.10. The van der Waals surface area contributed by atoms with Gasteiger partial charge in [-0.2, -0.15) is 5.10 Å². The number of nitrogens with zero attached hydrogens (tertiary/aromatic N) is 3. The van der Waals surface area contributed by atoms with E-state index in [1.54, 1.807) is 11.9 Å². The number of aryl methyl sites for hydroxylation is 1. The van der Waals surface area contributed by atoms with Crippen LogP contribution in [0.15, 0.2) is 18.2 Å². The number of rotatable bonds is 6. The fourth-order valence-corrected chi connectivity index (χ4v) is 4.36. The van der Waals surface area contributed by atoms with Crippen molar-refractivity contribution in [2.75, 3.05) is 18.5 Å². The molecule has 2 aliphatic carbocycles. The minimum absolute atomic E-state index is 0.0747. The number of carbonyl (C=O) groups is 3. The summed E-state index contributed by atoms with van der Waals surface area (Å²) < 4.78 is 20.3. The number of anilines is 1. The normalized spacial score (nSPS) is 18.9. The second-order valence-corrected chi connectivity index (χ2v) is 10.0. The first kappa shape index (κ1) is 23.6. The highest BCUT2D eigenvalue weighted by atomic mass is 35.5. The van der Waals surface area contributed by atoms with Crippen LogP contribution in [0, 0.1) is 5.82 Å². The maximum atomic E-state index is 13.4. The van der Waals surface area contributed by atoms with E-state index in [0.717, 1.165) is 5.69 Å². The van der Waals surface area contributed by atoms with E-state index in [4.69, 9.17) is 22.1 Å². The van der Waals surface area contributed by atoms with Crippen LogP contribution in [-0.4, -0.2) is 56.8 Å². The summed E-state index contributed by atoms with van der Waals surface area (Å²) in [6, 6.07) is 3.55. The van der Waals surface area contributed by atoms with Crippen LogP contribution in [-0.2, 0) is 29.5 Å². The van der Waals surface area contributed by atoms with Crippen LogP contribution in [0.1, 0.15) is 47.4 Å². The Morgan fingerprint density at radius 3 is 2.66 bits per heavy atom. The van der Waals surface area contributed by atoms with E-state index in [1.165, 1.54) is 22.9 Å². The summed E-state index contributed by atoms with van der Waals surface area (Å²) in [5, 5.41) is 10.1. The van der Waals surface area contributed by atoms with Gasteiger partial charge >= 0.3 is 12.0 Å². The summed E-state index contributed by atoms with van der Waals surface area (Å²) >= 11 is 5.80. The van der Waals surface area contributed by atoms with Gasteiger partial charge < -0.3 is 26.0 Å². The number of urea groups is 1. The van der Waals surface area contributed by atoms with E-state index in [2.05, 4.69) is 15.7 Å². The Hall–Kier alpha value is -3.18. The third kappa shape index (κ3) is 4.70. The lowest BCUT2D eigenvalue weighted by molar-refractivity contribution is -0.147. The van der Waals surface area contributed by atoms with Gasteiger partial charge in [-0.25, -0.2) is 9.18 Å². The predicted molar refractivity (Wildman–Crippen MR) is 124 cm³/mol. The molecule has 3 aliphatic rings. The fourth-order valence-electron chi connectivity index (χ4n) is 4.18. The zero-order chi connectivity index (χ0) is 25.0. The van der Waals surface area contributed by atoms with Crippen LogP contribution in [0.3, 0.4) is 0 Å². The molecular weight excluding hydrogens is 479 g/mol. The van der Waals surface area contributed by atoms with E-state index < -0.39 is 28.9 Å². The number of fused-ring (bicyclic) bond motifs is 1. The summed E-state index contributed by atoms with van der Waals surface area (Å²) in [4.78, 5) is 39.7. The molecule has 0 saturated heterocycles. The molecule has 0 radical (unpaired) electrons. The Labute approximate surface area is 205 Å². The van der Waals surface area contributed by atoms with Gasteiger partial charge in [0, 0.05) is 31.3 Å². The van der Waals surface area contributed by atoms with Crippen molar-refractivity contribution in [2.45, 2.75) is 49.7 Å². The number of hydrogen-bond donors (Lipinski definition) is 3. The number of esters is 1. The lowest BCUT2D eigenvalue weighted by atomic mass is 10.0. The van der Waals surface area contributed by atoms with Gasteiger partial charge in [0.05, 0.1) is 22.8 Å². The molecule has 1 aromatic carbocycles. The van der Waals surface area contributed by atoms with Crippen molar-refractivity contribution < 1.29 is 23.5 Å². The zero-order valence-corrected chi connectivity index (χ0v) is 20.0. The fraction of sp³-hybridized carbons (Fsp3) is 0.478. The average molecular weight is 505 g/mol. The standard InChI is InChI=1S/C23H26ClFN6O4/c1-30-18(19(32)28-22(5-6-22)12-35-20(33)23(26)7-8-23)14-11-31(9-4-17(14)29-30)21(34)27-13-2-3-16(25)15(24)10-13/h2-3,10H,4-9,11-12,26H2,1H3,(H,27,34)(H,28,32). The highest BCUT2D eigenvalue weighted by Gasteiger charge is 2.51. The van der Waals surface area contributed by atoms with E-state index >= 15 is 0 Å². The van der Waals surface area contributed by atoms with Gasteiger partial charge in [-0.3, -0.25) is 14.3 Å². The number of ether oxygens (including phenoxy) is 1. The van der Waals surface area contributed by atoms with E-state index in [1.807, 2.05) is 0 Å². The number of carbonyl (C=O) groups excluding carboxylic acids is 3. The van der Waals surface area contributed by atoms with Gasteiger partial charge in [0.15, 0.2) is 0 Å². The summed E-state index contributed by atoms with van der Waals surface area (Å²) in [6.45, 7) is 0.669. The van der Waals surface area contributed by atoms with Crippen molar-refractivity contribution in [2.24, 2.45) is 12.8 Å². The van der Waals surface area contributed by atoms with Crippen LogP contribution in [0.5, 0.6) is 0 Å². The molecule has 0 unspecified atom stereocenters. The number of halogens is 2. The first-order valence-corrected chi connectivity index (χ1v) is 11.8. The van der Waals surface area contributed by atoms with Gasteiger partial charge in [0.2, 0.25) is 0 Å². The van der Waals surface area contributed by atoms with E-state index in [9.17, 15) is 18.8 Å². The number of benzene rings is 1. The molecule has 1 aromatic heterocycles. The lowest BCUT2D eigenvalue weighted by Crippen LogP contribution is -2.44. The molecule has 4 N–H and O–H groups in total. The molecular formula is C23H26ClFN6O4. The zero-order valence-electron chi connectivity index (χ0n) is 19.2. The molecule has 5 rings (SSSR count). The van der Waals surface area contributed by atoms with Gasteiger partial charge in [-0.1, -0.05) is 11.6 Å². The Morgan fingerprint density at radius 2 is 2.00 bits per heavy atom. The molecule has 35 heavy (non-hydrogen) atoms. The van der Waals surface area contributed by atoms with E-state index in [0.29, 0.717) is 55.6 Å². The second-order valence-electron chi connectivity index (χ2n) is 9.59. The number of hydrogen-bond acceptors (Lipinski definition) is 6. The van der Waals surface area contributed by atoms with Crippen molar-refractivity contribution >= 4 is 35.2 Å². The third-order valence-corrected chi connectivity index (χ3v) is 7.07. The number of nitrogens with two attached hydrogens (primary N) is 1. The highest BCUT2D eigenvalue weighted by molar-refractivity contribution is 6.31. The lowest BCUT2D eigenvalue weighted by Gasteiger charge is -2.27. The maximum Gasteiger partial charge on any atom is 0.326 e. The summed E-state index contributed by atoms with van der Waals surface area (Å²) in [6.07, 6.45) is 3.10. The average Bonchev–Trinajstić information content (AvgIpc) is 3.72. The Balaban J connectivity index is 1.25. The minimum Gasteiger partial charge on any atom is -0.462 e. The SMILES string of the molecule is Cn1nc2c(c1C(=O)NC1(COC(=O)C3(N)CC3)CC1)CN(C(=O)Nc1ccc(F)c(Cl)c1)CC2. The molecule has 0 spiro atoms. The minimum atomic E-state index is -0.871. The van der Waals surface area contributed by atoms with Gasteiger partial charge in [0.1, 0.15) is 23.7 Å². The van der Waals surface area contributed by atoms with Crippen LogP contribution < -0.4 is 16.4 Å². The smallest absolute Gasteiger partial charge is 0.326 e. The van der Waals surface area contributed by atoms with Crippen molar-refractivity contribution in [3.63, 3.8) is 0 Å². The van der Waals surface area contributed by atoms with Gasteiger partial charge in [-0.05, 0) is 43.9 Å². The molecule has 10 nitrogen and oxygen atoms in total.